The molecule has 2 aromatic carbocycles. The highest BCUT2D eigenvalue weighted by Crippen LogP contribution is 2.23. The van der Waals surface area contributed by atoms with Crippen LogP contribution in [0.5, 0.6) is 0 Å². The van der Waals surface area contributed by atoms with Crippen molar-refractivity contribution in [3.05, 3.63) is 69.8 Å². The first kappa shape index (κ1) is 13.2. The van der Waals surface area contributed by atoms with Crippen molar-refractivity contribution in [2.45, 2.75) is 6.42 Å². The van der Waals surface area contributed by atoms with Gasteiger partial charge in [0.2, 0.25) is 0 Å². The van der Waals surface area contributed by atoms with E-state index in [1.54, 1.807) is 18.2 Å². The molecule has 3 aromatic rings. The van der Waals surface area contributed by atoms with Crippen LogP contribution in [0.2, 0.25) is 10.0 Å². The molecule has 3 rings (SSSR count). The molecule has 0 atom stereocenters. The predicted molar refractivity (Wildman–Crippen MR) is 82.8 cm³/mol. The van der Waals surface area contributed by atoms with E-state index in [0.717, 1.165) is 16.5 Å². The highest BCUT2D eigenvalue weighted by molar-refractivity contribution is 6.36. The lowest BCUT2D eigenvalue weighted by Crippen LogP contribution is -2.04. The Morgan fingerprint density at radius 2 is 1.90 bits per heavy atom. The number of rotatable bonds is 3. The maximum absolute atomic E-state index is 12.3. The first-order chi connectivity index (χ1) is 9.63. The van der Waals surface area contributed by atoms with Gasteiger partial charge in [-0.3, -0.25) is 4.79 Å². The quantitative estimate of drug-likeness (QED) is 0.686. The summed E-state index contributed by atoms with van der Waals surface area (Å²) in [4.78, 5) is 15.4. The van der Waals surface area contributed by atoms with Crippen LogP contribution in [-0.2, 0) is 6.42 Å². The molecule has 0 aliphatic rings. The molecule has 4 heteroatoms. The maximum atomic E-state index is 12.3. The van der Waals surface area contributed by atoms with Gasteiger partial charge in [0.15, 0.2) is 5.78 Å². The molecule has 0 aliphatic carbocycles. The van der Waals surface area contributed by atoms with Crippen LogP contribution >= 0.6 is 23.2 Å². The fourth-order valence-electron chi connectivity index (χ4n) is 2.21. The minimum Gasteiger partial charge on any atom is -0.361 e. The molecule has 0 radical (unpaired) electrons. The third-order valence-corrected chi connectivity index (χ3v) is 3.76. The number of carbonyl (C=O) groups excluding carboxylic acids is 1. The standard InChI is InChI=1S/C16H11Cl2NO/c17-12-2-3-13(14(18)9-12)16(20)8-10-1-4-15-11(7-10)5-6-19-15/h1-7,9,19H,8H2. The summed E-state index contributed by atoms with van der Waals surface area (Å²) < 4.78 is 0. The van der Waals surface area contributed by atoms with Crippen LogP contribution in [0.3, 0.4) is 0 Å². The minimum absolute atomic E-state index is 0.0125. The minimum atomic E-state index is -0.0125. The maximum Gasteiger partial charge on any atom is 0.168 e. The van der Waals surface area contributed by atoms with Gasteiger partial charge in [-0.05, 0) is 47.3 Å². The first-order valence-corrected chi connectivity index (χ1v) is 6.93. The zero-order chi connectivity index (χ0) is 14.1. The van der Waals surface area contributed by atoms with Gasteiger partial charge in [0.1, 0.15) is 0 Å². The van der Waals surface area contributed by atoms with Crippen molar-refractivity contribution >= 4 is 39.9 Å². The van der Waals surface area contributed by atoms with Gasteiger partial charge in [-0.25, -0.2) is 0 Å². The van der Waals surface area contributed by atoms with E-state index in [9.17, 15) is 4.79 Å². The van der Waals surface area contributed by atoms with E-state index in [4.69, 9.17) is 23.2 Å². The van der Waals surface area contributed by atoms with Crippen molar-refractivity contribution in [3.8, 4) is 0 Å². The lowest BCUT2D eigenvalue weighted by molar-refractivity contribution is 0.0993. The van der Waals surface area contributed by atoms with Gasteiger partial charge in [0, 0.05) is 28.7 Å². The lowest BCUT2D eigenvalue weighted by Gasteiger charge is -2.05. The van der Waals surface area contributed by atoms with Crippen molar-refractivity contribution in [1.82, 2.24) is 4.98 Å². The van der Waals surface area contributed by atoms with Crippen LogP contribution in [-0.4, -0.2) is 10.8 Å². The first-order valence-electron chi connectivity index (χ1n) is 6.18. The lowest BCUT2D eigenvalue weighted by atomic mass is 10.0. The Bertz CT molecular complexity index is 792. The second-order valence-electron chi connectivity index (χ2n) is 4.62. The Morgan fingerprint density at radius 3 is 2.70 bits per heavy atom. The number of halogens is 2. The van der Waals surface area contributed by atoms with E-state index < -0.39 is 0 Å². The monoisotopic (exact) mass is 303 g/mol. The van der Waals surface area contributed by atoms with E-state index in [1.807, 2.05) is 30.5 Å². The van der Waals surface area contributed by atoms with Gasteiger partial charge >= 0.3 is 0 Å². The van der Waals surface area contributed by atoms with Crippen LogP contribution in [0, 0.1) is 0 Å². The number of Topliss-reactive ketones (excluding diaryl/α,β-unsaturated/α-hetero) is 1. The Balaban J connectivity index is 1.87. The zero-order valence-electron chi connectivity index (χ0n) is 10.5. The second-order valence-corrected chi connectivity index (χ2v) is 5.47. The number of carbonyl (C=O) groups is 1. The molecule has 0 saturated heterocycles. The van der Waals surface area contributed by atoms with E-state index >= 15 is 0 Å². The number of ketones is 1. The molecule has 1 N–H and O–H groups in total. The fourth-order valence-corrected chi connectivity index (χ4v) is 2.72. The Morgan fingerprint density at radius 1 is 1.05 bits per heavy atom. The van der Waals surface area contributed by atoms with Crippen molar-refractivity contribution in [2.24, 2.45) is 0 Å². The predicted octanol–water partition coefficient (Wildman–Crippen LogP) is 4.90. The molecule has 0 amide bonds. The summed E-state index contributed by atoms with van der Waals surface area (Å²) in [5.41, 5.74) is 2.53. The molecule has 0 fully saturated rings. The molecule has 20 heavy (non-hydrogen) atoms. The number of hydrogen-bond acceptors (Lipinski definition) is 1. The topological polar surface area (TPSA) is 32.9 Å². The molecule has 0 aliphatic heterocycles. The summed E-state index contributed by atoms with van der Waals surface area (Å²) in [7, 11) is 0. The molecule has 2 nitrogen and oxygen atoms in total. The number of fused-ring (bicyclic) bond motifs is 1. The number of benzene rings is 2. The molecule has 1 aromatic heterocycles. The van der Waals surface area contributed by atoms with Gasteiger partial charge in [-0.1, -0.05) is 29.3 Å². The van der Waals surface area contributed by atoms with Crippen LogP contribution in [0.15, 0.2) is 48.7 Å². The van der Waals surface area contributed by atoms with Crippen molar-refractivity contribution < 1.29 is 4.79 Å². The summed E-state index contributed by atoms with van der Waals surface area (Å²) in [5.74, 6) is -0.0125. The number of hydrogen-bond donors (Lipinski definition) is 1. The fraction of sp³-hybridized carbons (Fsp3) is 0.0625. The van der Waals surface area contributed by atoms with Crippen molar-refractivity contribution in [1.29, 1.82) is 0 Å². The summed E-state index contributed by atoms with van der Waals surface area (Å²) in [6.07, 6.45) is 2.20. The van der Waals surface area contributed by atoms with E-state index in [0.29, 0.717) is 22.0 Å². The van der Waals surface area contributed by atoms with Gasteiger partial charge in [0.05, 0.1) is 5.02 Å². The van der Waals surface area contributed by atoms with E-state index in [1.165, 1.54) is 0 Å². The third-order valence-electron chi connectivity index (χ3n) is 3.21. The smallest absolute Gasteiger partial charge is 0.168 e. The summed E-state index contributed by atoms with van der Waals surface area (Å²) >= 11 is 11.9. The Labute approximate surface area is 126 Å². The average Bonchev–Trinajstić information content (AvgIpc) is 2.85. The Hall–Kier alpha value is -1.77. The van der Waals surface area contributed by atoms with Gasteiger partial charge in [-0.15, -0.1) is 0 Å². The highest BCUT2D eigenvalue weighted by Gasteiger charge is 2.12. The highest BCUT2D eigenvalue weighted by atomic mass is 35.5. The van der Waals surface area contributed by atoms with Crippen molar-refractivity contribution in [3.63, 3.8) is 0 Å². The number of aromatic amines is 1. The van der Waals surface area contributed by atoms with Crippen LogP contribution in [0.4, 0.5) is 0 Å². The second kappa shape index (κ2) is 5.31. The largest absolute Gasteiger partial charge is 0.361 e. The van der Waals surface area contributed by atoms with Crippen LogP contribution in [0.1, 0.15) is 15.9 Å². The van der Waals surface area contributed by atoms with Crippen LogP contribution in [0.25, 0.3) is 10.9 Å². The number of nitrogens with one attached hydrogen (secondary N) is 1. The van der Waals surface area contributed by atoms with Gasteiger partial charge in [-0.2, -0.15) is 0 Å². The molecular formula is C16H11Cl2NO. The van der Waals surface area contributed by atoms with E-state index in [2.05, 4.69) is 4.98 Å². The summed E-state index contributed by atoms with van der Waals surface area (Å²) in [5, 5.41) is 2.02. The molecule has 1 heterocycles. The molecule has 0 bridgehead atoms. The average molecular weight is 304 g/mol. The van der Waals surface area contributed by atoms with Gasteiger partial charge in [0.25, 0.3) is 0 Å². The third kappa shape index (κ3) is 2.58. The Kier molecular flexibility index (Phi) is 3.51. The van der Waals surface area contributed by atoms with Gasteiger partial charge < -0.3 is 4.98 Å². The number of H-pyrrole nitrogens is 1. The molecular weight excluding hydrogens is 293 g/mol. The molecule has 0 unspecified atom stereocenters. The van der Waals surface area contributed by atoms with Crippen LogP contribution < -0.4 is 0 Å². The number of aromatic nitrogens is 1. The molecule has 0 saturated carbocycles. The normalized spacial score (nSPS) is 10.9. The summed E-state index contributed by atoms with van der Waals surface area (Å²) in [6, 6.07) is 12.8. The zero-order valence-corrected chi connectivity index (χ0v) is 12.0. The van der Waals surface area contributed by atoms with E-state index in [-0.39, 0.29) is 5.78 Å². The molecule has 0 spiro atoms. The summed E-state index contributed by atoms with van der Waals surface area (Å²) in [6.45, 7) is 0. The molecule has 100 valence electrons. The van der Waals surface area contributed by atoms with Crippen molar-refractivity contribution in [2.75, 3.05) is 0 Å². The SMILES string of the molecule is O=C(Cc1ccc2[nH]ccc2c1)c1ccc(Cl)cc1Cl.